The highest BCUT2D eigenvalue weighted by Gasteiger charge is 2.18. The lowest BCUT2D eigenvalue weighted by molar-refractivity contribution is 0.381. The highest BCUT2D eigenvalue weighted by Crippen LogP contribution is 2.20. The van der Waals surface area contributed by atoms with Crippen molar-refractivity contribution in [2.24, 2.45) is 10.7 Å². The molecule has 3 rings (SSSR count). The van der Waals surface area contributed by atoms with Crippen molar-refractivity contribution in [1.29, 1.82) is 0 Å². The Balaban J connectivity index is 0.00000208. The number of aliphatic imine (C=N–C) groups is 1. The number of piperazine rings is 1. The molecule has 1 aromatic carbocycles. The van der Waals surface area contributed by atoms with Crippen LogP contribution in [0.1, 0.15) is 25.7 Å². The van der Waals surface area contributed by atoms with Crippen molar-refractivity contribution in [2.45, 2.75) is 25.7 Å². The summed E-state index contributed by atoms with van der Waals surface area (Å²) in [5.41, 5.74) is 8.72. The predicted octanol–water partition coefficient (Wildman–Crippen LogP) is 3.38. The van der Waals surface area contributed by atoms with E-state index in [1.165, 1.54) is 37.0 Å². The van der Waals surface area contributed by atoms with Crippen LogP contribution in [0.3, 0.4) is 0 Å². The summed E-state index contributed by atoms with van der Waals surface area (Å²) in [5.74, 6) is 0.462. The van der Waals surface area contributed by atoms with Crippen molar-refractivity contribution in [2.75, 3.05) is 37.6 Å². The SMILES string of the molecule is I.NC(=NCCC1=CCCC1)N1CCN(c2ccc(F)cc2)CC1. The highest BCUT2D eigenvalue weighted by atomic mass is 127. The van der Waals surface area contributed by atoms with Gasteiger partial charge in [-0.3, -0.25) is 4.99 Å². The average Bonchev–Trinajstić information content (AvgIpc) is 3.09. The Hall–Kier alpha value is -1.31. The molecule has 1 saturated heterocycles. The van der Waals surface area contributed by atoms with E-state index in [0.717, 1.165) is 44.8 Å². The summed E-state index contributed by atoms with van der Waals surface area (Å²) in [6.07, 6.45) is 7.12. The number of hydrogen-bond donors (Lipinski definition) is 1. The van der Waals surface area contributed by atoms with Gasteiger partial charge in [-0.15, -0.1) is 24.0 Å². The molecule has 0 bridgehead atoms. The molecule has 1 fully saturated rings. The van der Waals surface area contributed by atoms with Crippen LogP contribution < -0.4 is 10.6 Å². The summed E-state index contributed by atoms with van der Waals surface area (Å²) in [4.78, 5) is 8.93. The van der Waals surface area contributed by atoms with Gasteiger partial charge in [-0.25, -0.2) is 4.39 Å². The van der Waals surface area contributed by atoms with Crippen LogP contribution in [-0.4, -0.2) is 43.6 Å². The van der Waals surface area contributed by atoms with Gasteiger partial charge in [-0.1, -0.05) is 11.6 Å². The third-order valence-corrected chi connectivity index (χ3v) is 4.64. The van der Waals surface area contributed by atoms with Gasteiger partial charge in [0.25, 0.3) is 0 Å². The van der Waals surface area contributed by atoms with E-state index in [1.807, 2.05) is 12.1 Å². The lowest BCUT2D eigenvalue weighted by atomic mass is 10.2. The second-order valence-electron chi connectivity index (χ2n) is 6.20. The summed E-state index contributed by atoms with van der Waals surface area (Å²) in [6, 6.07) is 6.68. The molecule has 4 nitrogen and oxygen atoms in total. The first kappa shape index (κ1) is 19.0. The molecular weight excluding hydrogens is 418 g/mol. The fourth-order valence-electron chi connectivity index (χ4n) is 3.22. The maximum Gasteiger partial charge on any atom is 0.191 e. The lowest BCUT2D eigenvalue weighted by Gasteiger charge is -2.36. The highest BCUT2D eigenvalue weighted by molar-refractivity contribution is 14.0. The molecular formula is C18H26FIN4. The van der Waals surface area contributed by atoms with E-state index in [-0.39, 0.29) is 29.8 Å². The average molecular weight is 444 g/mol. The standard InChI is InChI=1S/C18H25FN4.HI/c19-16-5-7-17(8-6-16)22-11-13-23(14-12-22)18(20)21-10-9-15-3-1-2-4-15;/h3,5-8H,1-2,4,9-14H2,(H2,20,21);1H. The van der Waals surface area contributed by atoms with Crippen LogP contribution in [-0.2, 0) is 0 Å². The van der Waals surface area contributed by atoms with Gasteiger partial charge in [-0.2, -0.15) is 0 Å². The first-order chi connectivity index (χ1) is 11.2. The van der Waals surface area contributed by atoms with Gasteiger partial charge in [0.2, 0.25) is 0 Å². The molecule has 2 aliphatic rings. The Morgan fingerprint density at radius 3 is 2.46 bits per heavy atom. The van der Waals surface area contributed by atoms with Crippen molar-refractivity contribution in [1.82, 2.24) is 4.90 Å². The van der Waals surface area contributed by atoms with E-state index in [0.29, 0.717) is 5.96 Å². The number of guanidine groups is 1. The first-order valence-corrected chi connectivity index (χ1v) is 8.46. The van der Waals surface area contributed by atoms with Crippen molar-refractivity contribution >= 4 is 35.6 Å². The van der Waals surface area contributed by atoms with Crippen LogP contribution in [0.4, 0.5) is 10.1 Å². The minimum absolute atomic E-state index is 0. The predicted molar refractivity (Wildman–Crippen MR) is 109 cm³/mol. The van der Waals surface area contributed by atoms with E-state index >= 15 is 0 Å². The molecule has 6 heteroatoms. The Morgan fingerprint density at radius 2 is 1.83 bits per heavy atom. The maximum absolute atomic E-state index is 13.0. The third kappa shape index (κ3) is 5.09. The van der Waals surface area contributed by atoms with Gasteiger partial charge in [0.05, 0.1) is 0 Å². The fraction of sp³-hybridized carbons (Fsp3) is 0.500. The molecule has 0 radical (unpaired) electrons. The number of halogens is 2. The summed E-state index contributed by atoms with van der Waals surface area (Å²) < 4.78 is 13.0. The zero-order valence-electron chi connectivity index (χ0n) is 14.0. The molecule has 0 saturated carbocycles. The summed E-state index contributed by atoms with van der Waals surface area (Å²) in [5, 5.41) is 0. The maximum atomic E-state index is 13.0. The van der Waals surface area contributed by atoms with Crippen LogP contribution in [0.5, 0.6) is 0 Å². The van der Waals surface area contributed by atoms with Crippen LogP contribution >= 0.6 is 24.0 Å². The molecule has 24 heavy (non-hydrogen) atoms. The van der Waals surface area contributed by atoms with E-state index in [2.05, 4.69) is 20.9 Å². The van der Waals surface area contributed by atoms with E-state index < -0.39 is 0 Å². The molecule has 2 N–H and O–H groups in total. The van der Waals surface area contributed by atoms with Crippen LogP contribution in [0.2, 0.25) is 0 Å². The second kappa shape index (κ2) is 9.25. The monoisotopic (exact) mass is 444 g/mol. The molecule has 1 aromatic rings. The number of nitrogens with two attached hydrogens (primary N) is 1. The quantitative estimate of drug-likeness (QED) is 0.335. The Labute approximate surface area is 160 Å². The number of nitrogens with zero attached hydrogens (tertiary/aromatic N) is 3. The molecule has 0 atom stereocenters. The van der Waals surface area contributed by atoms with E-state index in [9.17, 15) is 4.39 Å². The van der Waals surface area contributed by atoms with Gasteiger partial charge in [0.1, 0.15) is 5.82 Å². The van der Waals surface area contributed by atoms with Crippen LogP contribution in [0.25, 0.3) is 0 Å². The van der Waals surface area contributed by atoms with Gasteiger partial charge in [-0.05, 0) is 49.9 Å². The van der Waals surface area contributed by atoms with Crippen molar-refractivity contribution < 1.29 is 4.39 Å². The summed E-state index contributed by atoms with van der Waals surface area (Å²) in [6.45, 7) is 4.26. The number of allylic oxidation sites excluding steroid dienone is 1. The van der Waals surface area contributed by atoms with Gasteiger partial charge in [0.15, 0.2) is 5.96 Å². The number of benzene rings is 1. The van der Waals surface area contributed by atoms with Gasteiger partial charge in [0, 0.05) is 38.4 Å². The smallest absolute Gasteiger partial charge is 0.191 e. The fourth-order valence-corrected chi connectivity index (χ4v) is 3.22. The van der Waals surface area contributed by atoms with Crippen molar-refractivity contribution in [3.8, 4) is 0 Å². The minimum atomic E-state index is -0.193. The number of rotatable bonds is 4. The molecule has 1 heterocycles. The van der Waals surface area contributed by atoms with Crippen molar-refractivity contribution in [3.63, 3.8) is 0 Å². The zero-order chi connectivity index (χ0) is 16.1. The Bertz CT molecular complexity index is 577. The molecule has 0 aromatic heterocycles. The molecule has 1 aliphatic carbocycles. The second-order valence-corrected chi connectivity index (χ2v) is 6.20. The summed E-state index contributed by atoms with van der Waals surface area (Å²) >= 11 is 0. The Kier molecular flexibility index (Phi) is 7.33. The van der Waals surface area contributed by atoms with Crippen LogP contribution in [0, 0.1) is 5.82 Å². The zero-order valence-corrected chi connectivity index (χ0v) is 16.3. The lowest BCUT2D eigenvalue weighted by Crippen LogP contribution is -2.51. The summed E-state index contributed by atoms with van der Waals surface area (Å²) in [7, 11) is 0. The van der Waals surface area contributed by atoms with Gasteiger partial charge >= 0.3 is 0 Å². The molecule has 1 aliphatic heterocycles. The van der Waals surface area contributed by atoms with Gasteiger partial charge < -0.3 is 15.5 Å². The van der Waals surface area contributed by atoms with Crippen LogP contribution in [0.15, 0.2) is 40.9 Å². The normalized spacial score (nSPS) is 18.4. The molecule has 0 amide bonds. The Morgan fingerprint density at radius 1 is 1.12 bits per heavy atom. The third-order valence-electron chi connectivity index (χ3n) is 4.64. The number of hydrogen-bond acceptors (Lipinski definition) is 2. The van der Waals surface area contributed by atoms with E-state index in [1.54, 1.807) is 0 Å². The molecule has 0 unspecified atom stereocenters. The molecule has 132 valence electrons. The van der Waals surface area contributed by atoms with Crippen molar-refractivity contribution in [3.05, 3.63) is 41.7 Å². The first-order valence-electron chi connectivity index (χ1n) is 8.46. The topological polar surface area (TPSA) is 44.9 Å². The number of anilines is 1. The van der Waals surface area contributed by atoms with E-state index in [4.69, 9.17) is 5.73 Å². The largest absolute Gasteiger partial charge is 0.370 e. The minimum Gasteiger partial charge on any atom is -0.370 e. The molecule has 0 spiro atoms.